The van der Waals surface area contributed by atoms with Crippen LogP contribution in [0.25, 0.3) is 0 Å². The Hall–Kier alpha value is -2.15. The summed E-state index contributed by atoms with van der Waals surface area (Å²) in [7, 11) is -4.49. The number of sulfonamides is 1. The number of fused-ring (bicyclic) bond motifs is 1. The van der Waals surface area contributed by atoms with Gasteiger partial charge in [-0.15, -0.1) is 0 Å². The number of benzene rings is 1. The number of rotatable bonds is 9. The van der Waals surface area contributed by atoms with Crippen LogP contribution in [0.5, 0.6) is 5.75 Å². The largest absolute Gasteiger partial charge is 0.547 e. The number of carbonyl (C=O) groups excluding carboxylic acids is 1. The predicted octanol–water partition coefficient (Wildman–Crippen LogP) is -0.0881. The summed E-state index contributed by atoms with van der Waals surface area (Å²) in [6, 6.07) is 5.07. The van der Waals surface area contributed by atoms with E-state index in [0.717, 1.165) is 31.9 Å². The Balaban J connectivity index is 1.42. The lowest BCUT2D eigenvalue weighted by molar-refractivity contribution is -0.122. The van der Waals surface area contributed by atoms with Crippen LogP contribution in [0.15, 0.2) is 18.2 Å². The van der Waals surface area contributed by atoms with Crippen molar-refractivity contribution in [3.8, 4) is 5.75 Å². The van der Waals surface area contributed by atoms with E-state index in [-0.39, 0.29) is 23.1 Å². The van der Waals surface area contributed by atoms with E-state index >= 15 is 0 Å². The Labute approximate surface area is 188 Å². The molecule has 5 N–H and O–H groups in total. The van der Waals surface area contributed by atoms with Crippen LogP contribution < -0.4 is 20.0 Å². The lowest BCUT2D eigenvalue weighted by atomic mass is 9.72. The zero-order valence-electron chi connectivity index (χ0n) is 18.0. The number of carboxylic acid groups (broad SMARTS) is 1. The first-order valence-electron chi connectivity index (χ1n) is 10.8. The lowest BCUT2D eigenvalue weighted by Gasteiger charge is -2.31. The van der Waals surface area contributed by atoms with Crippen molar-refractivity contribution in [3.63, 3.8) is 0 Å². The first-order valence-corrected chi connectivity index (χ1v) is 12.7. The first kappa shape index (κ1) is 24.5. The molecule has 0 saturated heterocycles. The van der Waals surface area contributed by atoms with E-state index in [2.05, 4.69) is 15.4 Å². The highest BCUT2D eigenvalue weighted by molar-refractivity contribution is 7.88. The van der Waals surface area contributed by atoms with Crippen LogP contribution >= 0.6 is 0 Å². The second-order valence-electron chi connectivity index (χ2n) is 8.53. The molecule has 12 heteroatoms. The molecule has 1 atom stereocenters. The van der Waals surface area contributed by atoms with Gasteiger partial charge >= 0.3 is 13.1 Å². The van der Waals surface area contributed by atoms with Gasteiger partial charge < -0.3 is 25.4 Å². The highest BCUT2D eigenvalue weighted by atomic mass is 32.2. The highest BCUT2D eigenvalue weighted by Crippen LogP contribution is 2.31. The maximum Gasteiger partial charge on any atom is 0.547 e. The molecule has 1 heterocycles. The molecule has 0 radical (unpaired) electrons. The standard InChI is InChI=1S/C20H30BN3O7S/c1-32(29,30)23-10-9-22-15-7-5-13(6-8-15)11-18(25)24-17-12-14-3-2-4-16(20(26)27)19(14)31-21(17)28/h2-4,13,15,17,22-23,28H,5-12H2,1H3,(H,24,25)(H,26,27)/t13?,15?,17-/m0/s1. The Kier molecular flexibility index (Phi) is 8.15. The normalized spacial score (nSPS) is 23.2. The molecule has 1 aromatic carbocycles. The van der Waals surface area contributed by atoms with Crippen LogP contribution in [0.2, 0.25) is 0 Å². The molecule has 10 nitrogen and oxygen atoms in total. The minimum atomic E-state index is -3.18. The minimum Gasteiger partial charge on any atom is -0.534 e. The lowest BCUT2D eigenvalue weighted by Crippen LogP contribution is -2.53. The predicted molar refractivity (Wildman–Crippen MR) is 119 cm³/mol. The van der Waals surface area contributed by atoms with Gasteiger partial charge in [0.2, 0.25) is 15.9 Å². The van der Waals surface area contributed by atoms with Crippen molar-refractivity contribution in [2.24, 2.45) is 5.92 Å². The van der Waals surface area contributed by atoms with Crippen LogP contribution in [-0.2, 0) is 21.2 Å². The van der Waals surface area contributed by atoms with E-state index < -0.39 is 29.1 Å². The molecule has 2 aliphatic rings. The second kappa shape index (κ2) is 10.6. The van der Waals surface area contributed by atoms with E-state index in [0.29, 0.717) is 37.5 Å². The van der Waals surface area contributed by atoms with E-state index in [9.17, 15) is 28.1 Å². The van der Waals surface area contributed by atoms with Crippen molar-refractivity contribution in [2.45, 2.75) is 50.5 Å². The molecule has 0 unspecified atom stereocenters. The van der Waals surface area contributed by atoms with Gasteiger partial charge in [-0.05, 0) is 49.7 Å². The zero-order valence-corrected chi connectivity index (χ0v) is 18.9. The van der Waals surface area contributed by atoms with Gasteiger partial charge in [0.1, 0.15) is 5.75 Å². The molecule has 176 valence electrons. The fraction of sp³-hybridized carbons (Fsp3) is 0.600. The Morgan fingerprint density at radius 3 is 2.56 bits per heavy atom. The van der Waals surface area contributed by atoms with Crippen molar-refractivity contribution >= 4 is 29.0 Å². The molecule has 1 aliphatic heterocycles. The van der Waals surface area contributed by atoms with Gasteiger partial charge in [-0.25, -0.2) is 17.9 Å². The number of nitrogens with one attached hydrogen (secondary N) is 3. The third-order valence-electron chi connectivity index (χ3n) is 5.94. The molecule has 3 rings (SSSR count). The number of carbonyl (C=O) groups is 2. The Morgan fingerprint density at radius 1 is 1.19 bits per heavy atom. The van der Waals surface area contributed by atoms with Gasteiger partial charge in [-0.3, -0.25) is 4.79 Å². The van der Waals surface area contributed by atoms with Gasteiger partial charge in [0.25, 0.3) is 0 Å². The van der Waals surface area contributed by atoms with Gasteiger partial charge in [0.15, 0.2) is 0 Å². The van der Waals surface area contributed by atoms with Crippen molar-refractivity contribution < 1.29 is 32.8 Å². The van der Waals surface area contributed by atoms with Crippen LogP contribution in [-0.4, -0.2) is 68.9 Å². The van der Waals surface area contributed by atoms with Crippen molar-refractivity contribution in [3.05, 3.63) is 29.3 Å². The maximum atomic E-state index is 12.5. The van der Waals surface area contributed by atoms with Crippen LogP contribution in [0, 0.1) is 5.92 Å². The minimum absolute atomic E-state index is 0.0104. The molecule has 0 bridgehead atoms. The quantitative estimate of drug-likeness (QED) is 0.250. The van der Waals surface area contributed by atoms with Gasteiger partial charge in [0, 0.05) is 25.6 Å². The summed E-state index contributed by atoms with van der Waals surface area (Å²) in [6.07, 6.45) is 5.38. The molecular weight excluding hydrogens is 437 g/mol. The molecular formula is C20H30BN3O7S. The molecule has 1 saturated carbocycles. The molecule has 32 heavy (non-hydrogen) atoms. The van der Waals surface area contributed by atoms with Crippen molar-refractivity contribution in [2.75, 3.05) is 19.3 Å². The number of amides is 1. The summed E-state index contributed by atoms with van der Waals surface area (Å²) in [5.74, 6) is -1.54. The topological polar surface area (TPSA) is 154 Å². The molecule has 0 spiro atoms. The summed E-state index contributed by atoms with van der Waals surface area (Å²) >= 11 is 0. The van der Waals surface area contributed by atoms with Crippen molar-refractivity contribution in [1.82, 2.24) is 15.4 Å². The molecule has 1 amide bonds. The number of carboxylic acids is 1. The SMILES string of the molecule is CS(=O)(=O)NCCNC1CCC(CC(=O)N[C@H]2Cc3cccc(C(=O)O)c3OB2O)CC1. The average Bonchev–Trinajstić information content (AvgIpc) is 2.71. The van der Waals surface area contributed by atoms with E-state index in [1.807, 2.05) is 0 Å². The maximum absolute atomic E-state index is 12.5. The smallest absolute Gasteiger partial charge is 0.534 e. The number of aromatic carboxylic acids is 1. The number of hydrogen-bond donors (Lipinski definition) is 5. The summed E-state index contributed by atoms with van der Waals surface area (Å²) in [4.78, 5) is 23.9. The van der Waals surface area contributed by atoms with Gasteiger partial charge in [-0.2, -0.15) is 0 Å². The fourth-order valence-electron chi connectivity index (χ4n) is 4.33. The number of hydrogen-bond acceptors (Lipinski definition) is 7. The summed E-state index contributed by atoms with van der Waals surface area (Å²) in [6.45, 7) is 0.914. The molecule has 1 aromatic rings. The Bertz CT molecular complexity index is 935. The zero-order chi connectivity index (χ0) is 23.3. The number of para-hydroxylation sites is 1. The van der Waals surface area contributed by atoms with Crippen molar-refractivity contribution in [1.29, 1.82) is 0 Å². The van der Waals surface area contributed by atoms with Crippen LogP contribution in [0.4, 0.5) is 0 Å². The molecule has 1 aliphatic carbocycles. The summed E-state index contributed by atoms with van der Waals surface area (Å²) in [5.41, 5.74) is 0.626. The summed E-state index contributed by atoms with van der Waals surface area (Å²) in [5, 5.41) is 25.7. The molecule has 1 fully saturated rings. The fourth-order valence-corrected chi connectivity index (χ4v) is 4.80. The van der Waals surface area contributed by atoms with E-state index in [1.54, 1.807) is 12.1 Å². The monoisotopic (exact) mass is 467 g/mol. The third-order valence-corrected chi connectivity index (χ3v) is 6.67. The summed E-state index contributed by atoms with van der Waals surface area (Å²) < 4.78 is 30.0. The average molecular weight is 467 g/mol. The highest BCUT2D eigenvalue weighted by Gasteiger charge is 2.38. The van der Waals surface area contributed by atoms with Gasteiger partial charge in [-0.1, -0.05) is 12.1 Å². The van der Waals surface area contributed by atoms with Gasteiger partial charge in [0.05, 0.1) is 17.8 Å². The third kappa shape index (κ3) is 6.93. The van der Waals surface area contributed by atoms with Crippen LogP contribution in [0.1, 0.15) is 48.0 Å². The Morgan fingerprint density at radius 2 is 1.91 bits per heavy atom. The second-order valence-corrected chi connectivity index (χ2v) is 10.4. The molecule has 0 aromatic heterocycles. The van der Waals surface area contributed by atoms with Crippen LogP contribution in [0.3, 0.4) is 0 Å². The first-order chi connectivity index (χ1) is 15.1. The van der Waals surface area contributed by atoms with E-state index in [4.69, 9.17) is 4.65 Å². The van der Waals surface area contributed by atoms with E-state index in [1.165, 1.54) is 6.07 Å².